The lowest BCUT2D eigenvalue weighted by Gasteiger charge is -2.09. The molecule has 1 aromatic heterocycles. The molecule has 0 saturated heterocycles. The number of aliphatic hydroxyl groups is 1. The number of hydrogen-bond acceptors (Lipinski definition) is 4. The summed E-state index contributed by atoms with van der Waals surface area (Å²) in [6.45, 7) is 1.65. The molecule has 1 heterocycles. The summed E-state index contributed by atoms with van der Waals surface area (Å²) in [6, 6.07) is 0.794. The van der Waals surface area contributed by atoms with Crippen molar-refractivity contribution < 1.29 is 18.3 Å². The molecule has 0 radical (unpaired) electrons. The molecule has 0 amide bonds. The quantitative estimate of drug-likeness (QED) is 0.807. The highest BCUT2D eigenvalue weighted by molar-refractivity contribution is 5.35. The SMILES string of the molecule is CC(O)CNc1cc(C(F)(F)F)ncn1. The van der Waals surface area contributed by atoms with Gasteiger partial charge < -0.3 is 10.4 Å². The van der Waals surface area contributed by atoms with Crippen molar-refractivity contribution in [2.75, 3.05) is 11.9 Å². The Labute approximate surface area is 84.2 Å². The summed E-state index contributed by atoms with van der Waals surface area (Å²) >= 11 is 0. The number of aromatic nitrogens is 2. The molecule has 84 valence electrons. The van der Waals surface area contributed by atoms with Gasteiger partial charge in [0.05, 0.1) is 6.10 Å². The van der Waals surface area contributed by atoms with Crippen LogP contribution in [0.15, 0.2) is 12.4 Å². The Morgan fingerprint density at radius 2 is 2.13 bits per heavy atom. The van der Waals surface area contributed by atoms with Crippen LogP contribution in [0.25, 0.3) is 0 Å². The number of alkyl halides is 3. The van der Waals surface area contributed by atoms with Crippen LogP contribution in [0.1, 0.15) is 12.6 Å². The summed E-state index contributed by atoms with van der Waals surface area (Å²) in [6.07, 6.45) is -4.31. The molecule has 0 aliphatic carbocycles. The molecule has 1 unspecified atom stereocenters. The van der Waals surface area contributed by atoms with Gasteiger partial charge in [-0.1, -0.05) is 0 Å². The Morgan fingerprint density at radius 1 is 1.47 bits per heavy atom. The van der Waals surface area contributed by atoms with E-state index < -0.39 is 18.0 Å². The van der Waals surface area contributed by atoms with E-state index in [2.05, 4.69) is 15.3 Å². The van der Waals surface area contributed by atoms with Crippen molar-refractivity contribution in [2.45, 2.75) is 19.2 Å². The molecular weight excluding hydrogens is 211 g/mol. The van der Waals surface area contributed by atoms with Gasteiger partial charge in [-0.2, -0.15) is 13.2 Å². The molecule has 4 nitrogen and oxygen atoms in total. The van der Waals surface area contributed by atoms with E-state index in [1.54, 1.807) is 0 Å². The molecule has 2 N–H and O–H groups in total. The number of rotatable bonds is 3. The number of hydrogen-bond donors (Lipinski definition) is 2. The third-order valence-corrected chi connectivity index (χ3v) is 1.54. The van der Waals surface area contributed by atoms with E-state index in [1.807, 2.05) is 0 Å². The Hall–Kier alpha value is -1.37. The fourth-order valence-electron chi connectivity index (χ4n) is 0.861. The van der Waals surface area contributed by atoms with Crippen LogP contribution in [0.2, 0.25) is 0 Å². The van der Waals surface area contributed by atoms with E-state index in [9.17, 15) is 13.2 Å². The van der Waals surface area contributed by atoms with Crippen LogP contribution in [0, 0.1) is 0 Å². The molecule has 0 saturated carbocycles. The molecule has 1 rings (SSSR count). The van der Waals surface area contributed by atoms with E-state index >= 15 is 0 Å². The van der Waals surface area contributed by atoms with Crippen LogP contribution >= 0.6 is 0 Å². The van der Waals surface area contributed by atoms with Crippen molar-refractivity contribution in [1.29, 1.82) is 0 Å². The molecule has 0 spiro atoms. The maximum atomic E-state index is 12.2. The zero-order valence-corrected chi connectivity index (χ0v) is 7.91. The van der Waals surface area contributed by atoms with E-state index in [-0.39, 0.29) is 12.4 Å². The topological polar surface area (TPSA) is 58.0 Å². The number of nitrogens with one attached hydrogen (secondary N) is 1. The van der Waals surface area contributed by atoms with E-state index in [0.29, 0.717) is 0 Å². The highest BCUT2D eigenvalue weighted by Gasteiger charge is 2.32. The van der Waals surface area contributed by atoms with Crippen LogP contribution in [0.5, 0.6) is 0 Å². The average Bonchev–Trinajstić information content (AvgIpc) is 2.14. The third kappa shape index (κ3) is 3.70. The number of aliphatic hydroxyl groups excluding tert-OH is 1. The first kappa shape index (κ1) is 11.7. The van der Waals surface area contributed by atoms with Gasteiger partial charge in [-0.3, -0.25) is 0 Å². The molecule has 0 aromatic carbocycles. The van der Waals surface area contributed by atoms with E-state index in [1.165, 1.54) is 6.92 Å². The first-order valence-corrected chi connectivity index (χ1v) is 4.21. The van der Waals surface area contributed by atoms with Crippen LogP contribution in [0.3, 0.4) is 0 Å². The largest absolute Gasteiger partial charge is 0.433 e. The zero-order valence-electron chi connectivity index (χ0n) is 7.91. The van der Waals surface area contributed by atoms with Crippen molar-refractivity contribution in [3.05, 3.63) is 18.1 Å². The highest BCUT2D eigenvalue weighted by atomic mass is 19.4. The molecule has 7 heteroatoms. The number of anilines is 1. The minimum atomic E-state index is -4.48. The van der Waals surface area contributed by atoms with Gasteiger partial charge in [0.1, 0.15) is 17.8 Å². The lowest BCUT2D eigenvalue weighted by molar-refractivity contribution is -0.141. The van der Waals surface area contributed by atoms with Gasteiger partial charge in [-0.25, -0.2) is 9.97 Å². The second kappa shape index (κ2) is 4.43. The smallest absolute Gasteiger partial charge is 0.392 e. The first-order valence-electron chi connectivity index (χ1n) is 4.21. The number of nitrogens with zero attached hydrogens (tertiary/aromatic N) is 2. The monoisotopic (exact) mass is 221 g/mol. The minimum Gasteiger partial charge on any atom is -0.392 e. The van der Waals surface area contributed by atoms with Crippen LogP contribution in [-0.2, 0) is 6.18 Å². The van der Waals surface area contributed by atoms with Gasteiger partial charge in [0, 0.05) is 12.6 Å². The molecule has 1 atom stereocenters. The van der Waals surface area contributed by atoms with Crippen molar-refractivity contribution >= 4 is 5.82 Å². The predicted octanol–water partition coefficient (Wildman–Crippen LogP) is 1.29. The lowest BCUT2D eigenvalue weighted by Crippen LogP contribution is -2.17. The predicted molar refractivity (Wildman–Crippen MR) is 47.2 cm³/mol. The second-order valence-electron chi connectivity index (χ2n) is 3.02. The third-order valence-electron chi connectivity index (χ3n) is 1.54. The van der Waals surface area contributed by atoms with Gasteiger partial charge in [0.2, 0.25) is 0 Å². The molecule has 0 bridgehead atoms. The fraction of sp³-hybridized carbons (Fsp3) is 0.500. The van der Waals surface area contributed by atoms with Gasteiger partial charge >= 0.3 is 6.18 Å². The summed E-state index contributed by atoms with van der Waals surface area (Å²) in [7, 11) is 0. The maximum Gasteiger partial charge on any atom is 0.433 e. The summed E-state index contributed by atoms with van der Waals surface area (Å²) in [4.78, 5) is 6.69. The lowest BCUT2D eigenvalue weighted by atomic mass is 10.3. The average molecular weight is 221 g/mol. The van der Waals surface area contributed by atoms with Crippen LogP contribution < -0.4 is 5.32 Å². The molecule has 1 aromatic rings. The van der Waals surface area contributed by atoms with Gasteiger partial charge in [0.15, 0.2) is 0 Å². The second-order valence-corrected chi connectivity index (χ2v) is 3.02. The van der Waals surface area contributed by atoms with Gasteiger partial charge in [-0.15, -0.1) is 0 Å². The Bertz CT molecular complexity index is 327. The van der Waals surface area contributed by atoms with Crippen molar-refractivity contribution in [2.24, 2.45) is 0 Å². The molecule has 0 fully saturated rings. The minimum absolute atomic E-state index is 0.0400. The summed E-state index contributed by atoms with van der Waals surface area (Å²) < 4.78 is 36.6. The van der Waals surface area contributed by atoms with Gasteiger partial charge in [0.25, 0.3) is 0 Å². The van der Waals surface area contributed by atoms with Gasteiger partial charge in [-0.05, 0) is 6.92 Å². The van der Waals surface area contributed by atoms with Crippen LogP contribution in [-0.4, -0.2) is 27.7 Å². The first-order chi connectivity index (χ1) is 6.89. The van der Waals surface area contributed by atoms with Crippen molar-refractivity contribution in [3.8, 4) is 0 Å². The van der Waals surface area contributed by atoms with E-state index in [4.69, 9.17) is 5.11 Å². The molecule has 0 aliphatic rings. The maximum absolute atomic E-state index is 12.2. The molecular formula is C8H10F3N3O. The normalized spacial score (nSPS) is 13.7. The Morgan fingerprint density at radius 3 is 2.67 bits per heavy atom. The fourth-order valence-corrected chi connectivity index (χ4v) is 0.861. The standard InChI is InChI=1S/C8H10F3N3O/c1-5(15)3-12-7-2-6(8(9,10)11)13-4-14-7/h2,4-5,15H,3H2,1H3,(H,12,13,14). The molecule has 15 heavy (non-hydrogen) atoms. The Balaban J connectivity index is 2.75. The van der Waals surface area contributed by atoms with Crippen LogP contribution in [0.4, 0.5) is 19.0 Å². The molecule has 0 aliphatic heterocycles. The highest BCUT2D eigenvalue weighted by Crippen LogP contribution is 2.27. The number of halogens is 3. The van der Waals surface area contributed by atoms with Crippen molar-refractivity contribution in [1.82, 2.24) is 9.97 Å². The Kier molecular flexibility index (Phi) is 3.46. The summed E-state index contributed by atoms with van der Waals surface area (Å²) in [5.41, 5.74) is -1.01. The summed E-state index contributed by atoms with van der Waals surface area (Å²) in [5, 5.41) is 11.5. The van der Waals surface area contributed by atoms with Crippen molar-refractivity contribution in [3.63, 3.8) is 0 Å². The zero-order chi connectivity index (χ0) is 11.5. The van der Waals surface area contributed by atoms with E-state index in [0.717, 1.165) is 12.4 Å². The summed E-state index contributed by atoms with van der Waals surface area (Å²) in [5.74, 6) is 0.0400.